The average molecular weight is 213 g/mol. The summed E-state index contributed by atoms with van der Waals surface area (Å²) < 4.78 is 0. The Morgan fingerprint density at radius 2 is 2.47 bits per heavy atom. The van der Waals surface area contributed by atoms with Crippen molar-refractivity contribution in [3.8, 4) is 0 Å². The summed E-state index contributed by atoms with van der Waals surface area (Å²) in [4.78, 5) is 22.6. The van der Waals surface area contributed by atoms with Crippen LogP contribution in [0.3, 0.4) is 0 Å². The van der Waals surface area contributed by atoms with Crippen LogP contribution in [0.25, 0.3) is 0 Å². The number of rotatable bonds is 5. The molecule has 1 fully saturated rings. The molecule has 0 aromatic heterocycles. The third kappa shape index (κ3) is 3.51. The Hall–Kier alpha value is -1.10. The lowest BCUT2D eigenvalue weighted by molar-refractivity contribution is -0.126. The van der Waals surface area contributed by atoms with Gasteiger partial charge in [0, 0.05) is 19.0 Å². The van der Waals surface area contributed by atoms with Crippen LogP contribution < -0.4 is 16.4 Å². The molecule has 1 aliphatic heterocycles. The van der Waals surface area contributed by atoms with Gasteiger partial charge in [-0.3, -0.25) is 9.59 Å². The summed E-state index contributed by atoms with van der Waals surface area (Å²) in [6.07, 6.45) is 2.90. The lowest BCUT2D eigenvalue weighted by atomic mass is 10.1. The number of hydrogen-bond acceptors (Lipinski definition) is 3. The van der Waals surface area contributed by atoms with E-state index in [4.69, 9.17) is 5.73 Å². The van der Waals surface area contributed by atoms with Crippen LogP contribution in [0.2, 0.25) is 0 Å². The maximum Gasteiger partial charge on any atom is 0.242 e. The van der Waals surface area contributed by atoms with Gasteiger partial charge in [-0.2, -0.15) is 0 Å². The molecule has 1 unspecified atom stereocenters. The smallest absolute Gasteiger partial charge is 0.242 e. The summed E-state index contributed by atoms with van der Waals surface area (Å²) in [6.45, 7) is 2.49. The van der Waals surface area contributed by atoms with Crippen molar-refractivity contribution in [1.29, 1.82) is 0 Å². The van der Waals surface area contributed by atoms with Crippen molar-refractivity contribution in [2.24, 2.45) is 5.73 Å². The summed E-state index contributed by atoms with van der Waals surface area (Å²) in [5.74, 6) is -0.153. The van der Waals surface area contributed by atoms with E-state index in [-0.39, 0.29) is 23.9 Å². The third-order valence-electron chi connectivity index (χ3n) is 2.58. The predicted molar refractivity (Wildman–Crippen MR) is 57.1 cm³/mol. The fraction of sp³-hybridized carbons (Fsp3) is 0.800. The molecule has 2 amide bonds. The van der Waals surface area contributed by atoms with Crippen LogP contribution in [-0.2, 0) is 9.59 Å². The lowest BCUT2D eigenvalue weighted by Gasteiger charge is -2.18. The van der Waals surface area contributed by atoms with Crippen LogP contribution in [0.1, 0.15) is 32.6 Å². The van der Waals surface area contributed by atoms with E-state index < -0.39 is 0 Å². The molecule has 86 valence electrons. The van der Waals surface area contributed by atoms with Crippen molar-refractivity contribution in [3.63, 3.8) is 0 Å². The molecule has 0 spiro atoms. The molecule has 1 rings (SSSR count). The first-order chi connectivity index (χ1) is 7.17. The van der Waals surface area contributed by atoms with Crippen molar-refractivity contribution < 1.29 is 9.59 Å². The van der Waals surface area contributed by atoms with Gasteiger partial charge in [0.1, 0.15) is 6.04 Å². The van der Waals surface area contributed by atoms with Gasteiger partial charge in [-0.05, 0) is 12.8 Å². The largest absolute Gasteiger partial charge is 0.350 e. The van der Waals surface area contributed by atoms with Gasteiger partial charge in [-0.15, -0.1) is 0 Å². The first-order valence-corrected chi connectivity index (χ1v) is 5.47. The molecule has 0 bridgehead atoms. The van der Waals surface area contributed by atoms with Gasteiger partial charge in [0.25, 0.3) is 0 Å². The molecule has 0 aromatic rings. The Balaban J connectivity index is 2.36. The van der Waals surface area contributed by atoms with Crippen LogP contribution in [0.4, 0.5) is 0 Å². The normalized spacial score (nSPS) is 22.3. The van der Waals surface area contributed by atoms with Crippen molar-refractivity contribution in [1.82, 2.24) is 10.6 Å². The number of hydrogen-bond donors (Lipinski definition) is 3. The van der Waals surface area contributed by atoms with Crippen molar-refractivity contribution in [2.45, 2.75) is 44.7 Å². The number of nitrogens with two attached hydrogens (primary N) is 1. The molecule has 2 atom stereocenters. The van der Waals surface area contributed by atoms with E-state index in [2.05, 4.69) is 10.6 Å². The summed E-state index contributed by atoms with van der Waals surface area (Å²) in [6, 6.07) is -0.330. The highest BCUT2D eigenvalue weighted by molar-refractivity contribution is 5.90. The second kappa shape index (κ2) is 5.70. The molecule has 5 heteroatoms. The summed E-state index contributed by atoms with van der Waals surface area (Å²) in [5, 5.41) is 5.48. The maximum absolute atomic E-state index is 11.7. The van der Waals surface area contributed by atoms with Crippen molar-refractivity contribution in [2.75, 3.05) is 6.54 Å². The standard InChI is InChI=1S/C10H19N3O2/c1-2-3-7(6-11)12-10(15)8-4-5-9(14)13-8/h7-8H,2-6,11H2,1H3,(H,12,15)(H,13,14)/t7?,8-/m0/s1. The number of carbonyl (C=O) groups excluding carboxylic acids is 2. The Bertz CT molecular complexity index is 243. The quantitative estimate of drug-likeness (QED) is 0.576. The van der Waals surface area contributed by atoms with E-state index in [1.54, 1.807) is 0 Å². The molecule has 0 aliphatic carbocycles. The lowest BCUT2D eigenvalue weighted by Crippen LogP contribution is -2.48. The van der Waals surface area contributed by atoms with Crippen molar-refractivity contribution >= 4 is 11.8 Å². The zero-order valence-electron chi connectivity index (χ0n) is 9.08. The maximum atomic E-state index is 11.7. The number of amides is 2. The van der Waals surface area contributed by atoms with Gasteiger partial charge in [-0.25, -0.2) is 0 Å². The van der Waals surface area contributed by atoms with Gasteiger partial charge in [0.2, 0.25) is 11.8 Å². The van der Waals surface area contributed by atoms with Crippen molar-refractivity contribution in [3.05, 3.63) is 0 Å². The van der Waals surface area contributed by atoms with E-state index in [0.717, 1.165) is 12.8 Å². The monoisotopic (exact) mass is 213 g/mol. The summed E-state index contributed by atoms with van der Waals surface area (Å²) >= 11 is 0. The minimum Gasteiger partial charge on any atom is -0.350 e. The van der Waals surface area contributed by atoms with Gasteiger partial charge >= 0.3 is 0 Å². The zero-order valence-corrected chi connectivity index (χ0v) is 9.08. The summed E-state index contributed by atoms with van der Waals surface area (Å²) in [5.41, 5.74) is 5.53. The Kier molecular flexibility index (Phi) is 4.55. The highest BCUT2D eigenvalue weighted by Gasteiger charge is 2.27. The molecule has 15 heavy (non-hydrogen) atoms. The van der Waals surface area contributed by atoms with Crippen LogP contribution in [0.15, 0.2) is 0 Å². The average Bonchev–Trinajstić information content (AvgIpc) is 2.64. The van der Waals surface area contributed by atoms with Gasteiger partial charge in [0.15, 0.2) is 0 Å². The number of nitrogens with one attached hydrogen (secondary N) is 2. The van der Waals surface area contributed by atoms with E-state index in [9.17, 15) is 9.59 Å². The highest BCUT2D eigenvalue weighted by Crippen LogP contribution is 2.07. The minimum absolute atomic E-state index is 0.0278. The topological polar surface area (TPSA) is 84.2 Å². The predicted octanol–water partition coefficient (Wildman–Crippen LogP) is -0.491. The highest BCUT2D eigenvalue weighted by atomic mass is 16.2. The first-order valence-electron chi connectivity index (χ1n) is 5.47. The summed E-state index contributed by atoms with van der Waals surface area (Å²) in [7, 11) is 0. The molecule has 1 heterocycles. The number of carbonyl (C=O) groups is 2. The van der Waals surface area contributed by atoms with Crippen LogP contribution in [0, 0.1) is 0 Å². The zero-order chi connectivity index (χ0) is 11.3. The van der Waals surface area contributed by atoms with Gasteiger partial charge in [0.05, 0.1) is 0 Å². The molecule has 5 nitrogen and oxygen atoms in total. The van der Waals surface area contributed by atoms with Crippen LogP contribution >= 0.6 is 0 Å². The molecule has 0 radical (unpaired) electrons. The molecular weight excluding hydrogens is 194 g/mol. The molecule has 1 aliphatic rings. The van der Waals surface area contributed by atoms with E-state index >= 15 is 0 Å². The first kappa shape index (κ1) is 12.0. The Morgan fingerprint density at radius 3 is 2.93 bits per heavy atom. The van der Waals surface area contributed by atoms with Gasteiger partial charge in [-0.1, -0.05) is 13.3 Å². The van der Waals surface area contributed by atoms with Crippen LogP contribution in [0.5, 0.6) is 0 Å². The SMILES string of the molecule is CCCC(CN)NC(=O)[C@@H]1CCC(=O)N1. The fourth-order valence-electron chi connectivity index (χ4n) is 1.71. The second-order valence-electron chi connectivity index (χ2n) is 3.89. The van der Waals surface area contributed by atoms with E-state index in [1.165, 1.54) is 0 Å². The fourth-order valence-corrected chi connectivity index (χ4v) is 1.71. The molecule has 4 N–H and O–H groups in total. The minimum atomic E-state index is -0.358. The van der Waals surface area contributed by atoms with Crippen LogP contribution in [-0.4, -0.2) is 30.4 Å². The molecular formula is C10H19N3O2. The Labute approximate surface area is 89.8 Å². The van der Waals surface area contributed by atoms with Gasteiger partial charge < -0.3 is 16.4 Å². The second-order valence-corrected chi connectivity index (χ2v) is 3.89. The van der Waals surface area contributed by atoms with E-state index in [1.807, 2.05) is 6.92 Å². The third-order valence-corrected chi connectivity index (χ3v) is 2.58. The Morgan fingerprint density at radius 1 is 1.73 bits per heavy atom. The molecule has 1 saturated heterocycles. The molecule has 0 saturated carbocycles. The molecule has 0 aromatic carbocycles. The van der Waals surface area contributed by atoms with E-state index in [0.29, 0.717) is 19.4 Å².